The third-order valence-electron chi connectivity index (χ3n) is 5.24. The summed E-state index contributed by atoms with van der Waals surface area (Å²) in [7, 11) is 0. The Bertz CT molecular complexity index is 1030. The smallest absolute Gasteiger partial charge is 0.184 e. The maximum atomic E-state index is 9.27. The Morgan fingerprint density at radius 3 is 2.78 bits per heavy atom. The largest absolute Gasteiger partial charge is 0.374 e. The van der Waals surface area contributed by atoms with Gasteiger partial charge in [-0.1, -0.05) is 58.8 Å². The molecule has 0 amide bonds. The predicted molar refractivity (Wildman–Crippen MR) is 119 cm³/mol. The van der Waals surface area contributed by atoms with Crippen LogP contribution in [-0.4, -0.2) is 43.0 Å². The molecule has 2 fully saturated rings. The number of nitrogens with zero attached hydrogens (tertiary/aromatic N) is 4. The summed E-state index contributed by atoms with van der Waals surface area (Å²) in [4.78, 5) is 3.87. The van der Waals surface area contributed by atoms with Crippen LogP contribution in [0.25, 0.3) is 10.4 Å². The monoisotopic (exact) mass is 472 g/mol. The number of nitriles is 1. The van der Waals surface area contributed by atoms with E-state index in [1.54, 1.807) is 18.2 Å². The van der Waals surface area contributed by atoms with Crippen molar-refractivity contribution >= 4 is 23.4 Å². The Hall–Kier alpha value is -2.28. The third-order valence-corrected chi connectivity index (χ3v) is 6.69. The molecule has 166 valence electrons. The van der Waals surface area contributed by atoms with Gasteiger partial charge in [-0.3, -0.25) is 0 Å². The second kappa shape index (κ2) is 10.6. The van der Waals surface area contributed by atoms with Gasteiger partial charge < -0.3 is 18.9 Å². The van der Waals surface area contributed by atoms with Gasteiger partial charge in [-0.25, -0.2) is 0 Å². The first-order valence-electron chi connectivity index (χ1n) is 10.1. The number of halogens is 1. The van der Waals surface area contributed by atoms with E-state index < -0.39 is 36.1 Å². The van der Waals surface area contributed by atoms with Crippen molar-refractivity contribution in [2.75, 3.05) is 13.2 Å². The van der Waals surface area contributed by atoms with Gasteiger partial charge in [0.05, 0.1) is 23.2 Å². The lowest BCUT2D eigenvalue weighted by molar-refractivity contribution is -0.300. The van der Waals surface area contributed by atoms with Crippen molar-refractivity contribution in [2.24, 2.45) is 5.11 Å². The van der Waals surface area contributed by atoms with Crippen LogP contribution in [0.5, 0.6) is 0 Å². The third kappa shape index (κ3) is 4.87. The first-order valence-corrected chi connectivity index (χ1v) is 11.4. The van der Waals surface area contributed by atoms with E-state index in [1.165, 1.54) is 11.8 Å². The summed E-state index contributed by atoms with van der Waals surface area (Å²) >= 11 is 7.59. The van der Waals surface area contributed by atoms with Gasteiger partial charge in [0.2, 0.25) is 0 Å². The molecule has 3 unspecified atom stereocenters. The lowest BCUT2D eigenvalue weighted by Gasteiger charge is -2.48. The van der Waals surface area contributed by atoms with E-state index in [-0.39, 0.29) is 6.61 Å². The highest BCUT2D eigenvalue weighted by atomic mass is 35.5. The maximum absolute atomic E-state index is 9.27. The second-order valence-electron chi connectivity index (χ2n) is 7.21. The van der Waals surface area contributed by atoms with Crippen LogP contribution in [0.15, 0.2) is 58.5 Å². The van der Waals surface area contributed by atoms with Gasteiger partial charge in [-0.05, 0) is 30.7 Å². The molecule has 0 saturated carbocycles. The van der Waals surface area contributed by atoms with Gasteiger partial charge in [0.15, 0.2) is 6.29 Å². The van der Waals surface area contributed by atoms with E-state index in [9.17, 15) is 5.53 Å². The molecule has 0 aliphatic carbocycles. The molecule has 2 aliphatic rings. The zero-order valence-corrected chi connectivity index (χ0v) is 18.8. The van der Waals surface area contributed by atoms with Crippen LogP contribution in [0.1, 0.15) is 24.3 Å². The molecule has 0 aromatic heterocycles. The molecule has 8 nitrogen and oxygen atoms in total. The van der Waals surface area contributed by atoms with Gasteiger partial charge in [0.1, 0.15) is 29.8 Å². The number of hydrogen-bond acceptors (Lipinski definition) is 7. The van der Waals surface area contributed by atoms with E-state index in [1.807, 2.05) is 43.3 Å². The van der Waals surface area contributed by atoms with Gasteiger partial charge in [-0.2, -0.15) is 5.26 Å². The van der Waals surface area contributed by atoms with E-state index >= 15 is 0 Å². The number of ether oxygens (including phenoxy) is 4. The molecule has 2 saturated heterocycles. The summed E-state index contributed by atoms with van der Waals surface area (Å²) < 4.78 is 24.4. The Labute approximate surface area is 195 Å². The highest BCUT2D eigenvalue weighted by Gasteiger charge is 2.50. The van der Waals surface area contributed by atoms with Crippen molar-refractivity contribution in [3.05, 3.63) is 75.1 Å². The molecule has 0 bridgehead atoms. The molecule has 2 aromatic carbocycles. The highest BCUT2D eigenvalue weighted by Crippen LogP contribution is 2.41. The summed E-state index contributed by atoms with van der Waals surface area (Å²) in [5, 5.41) is 13.5. The van der Waals surface area contributed by atoms with Crippen molar-refractivity contribution in [2.45, 2.75) is 47.9 Å². The molecule has 4 rings (SSSR count). The number of fused-ring (bicyclic) bond motifs is 1. The molecule has 2 aliphatic heterocycles. The van der Waals surface area contributed by atoms with Gasteiger partial charge in [-0.15, -0.1) is 0 Å². The van der Waals surface area contributed by atoms with Crippen molar-refractivity contribution in [3.8, 4) is 6.07 Å². The van der Waals surface area contributed by atoms with Crippen LogP contribution < -0.4 is 0 Å². The summed E-state index contributed by atoms with van der Waals surface area (Å²) in [5.74, 6) is 0. The number of benzene rings is 2. The zero-order valence-electron chi connectivity index (χ0n) is 17.2. The number of rotatable bonds is 6. The fraction of sp³-hybridized carbons (Fsp3) is 0.409. The standard InChI is InChI=1S/C22H21ClN4O4S/c1-2-28-20-18(26-27-25)19-17(12-29-21(31-19)13-6-4-3-5-7-13)30-22(20)32-15-9-8-14(11-24)16(23)10-15/h3-10,17-22H,2,12H2,1H3/t17?,18-,19-,20?,21?,22+/m0/s1. The predicted octanol–water partition coefficient (Wildman–Crippen LogP) is 5.23. The summed E-state index contributed by atoms with van der Waals surface area (Å²) in [5.41, 5.74) is 10.1. The summed E-state index contributed by atoms with van der Waals surface area (Å²) in [6, 6.07) is 16.2. The van der Waals surface area contributed by atoms with E-state index in [0.717, 1.165) is 10.5 Å². The Kier molecular flexibility index (Phi) is 7.55. The number of hydrogen-bond donors (Lipinski definition) is 0. The van der Waals surface area contributed by atoms with Crippen LogP contribution in [0.4, 0.5) is 0 Å². The highest BCUT2D eigenvalue weighted by molar-refractivity contribution is 7.99. The van der Waals surface area contributed by atoms with Crippen LogP contribution in [-0.2, 0) is 18.9 Å². The first-order chi connectivity index (χ1) is 15.6. The van der Waals surface area contributed by atoms with Crippen molar-refractivity contribution in [1.29, 1.82) is 5.26 Å². The fourth-order valence-corrected chi connectivity index (χ4v) is 5.26. The van der Waals surface area contributed by atoms with Crippen LogP contribution in [0, 0.1) is 11.3 Å². The Balaban J connectivity index is 1.59. The van der Waals surface area contributed by atoms with Crippen LogP contribution in [0.2, 0.25) is 5.02 Å². The summed E-state index contributed by atoms with van der Waals surface area (Å²) in [6.45, 7) is 2.57. The molecule has 0 spiro atoms. The lowest BCUT2D eigenvalue weighted by atomic mass is 9.96. The minimum Gasteiger partial charge on any atom is -0.374 e. The fourth-order valence-electron chi connectivity index (χ4n) is 3.80. The van der Waals surface area contributed by atoms with Crippen LogP contribution in [0.3, 0.4) is 0 Å². The first kappa shape index (κ1) is 22.9. The molecule has 0 N–H and O–H groups in total. The maximum Gasteiger partial charge on any atom is 0.184 e. The minimum atomic E-state index is -0.611. The molecule has 32 heavy (non-hydrogen) atoms. The van der Waals surface area contributed by atoms with Gasteiger partial charge >= 0.3 is 0 Å². The minimum absolute atomic E-state index is 0.283. The van der Waals surface area contributed by atoms with Crippen LogP contribution >= 0.6 is 23.4 Å². The molecular weight excluding hydrogens is 452 g/mol. The molecule has 0 radical (unpaired) electrons. The molecule has 10 heteroatoms. The van der Waals surface area contributed by atoms with Gasteiger partial charge in [0, 0.05) is 22.0 Å². The lowest BCUT2D eigenvalue weighted by Crippen LogP contribution is -2.60. The van der Waals surface area contributed by atoms with Crippen molar-refractivity contribution < 1.29 is 18.9 Å². The molecule has 2 aromatic rings. The molecule has 2 heterocycles. The molecular formula is C22H21ClN4O4S. The number of azide groups is 1. The topological polar surface area (TPSA) is 109 Å². The average Bonchev–Trinajstić information content (AvgIpc) is 2.82. The normalized spacial score (nSPS) is 29.4. The SMILES string of the molecule is CCOC1[C@@H](Sc2ccc(C#N)c(Cl)c2)OC2COC(c3ccccc3)O[C@@H]2[C@@H]1N=[N+]=[N-]. The van der Waals surface area contributed by atoms with Gasteiger partial charge in [0.25, 0.3) is 0 Å². The van der Waals surface area contributed by atoms with E-state index in [2.05, 4.69) is 10.0 Å². The summed E-state index contributed by atoms with van der Waals surface area (Å²) in [6.07, 6.45) is -2.09. The second-order valence-corrected chi connectivity index (χ2v) is 8.79. The zero-order chi connectivity index (χ0) is 22.5. The van der Waals surface area contributed by atoms with Crippen molar-refractivity contribution in [3.63, 3.8) is 0 Å². The van der Waals surface area contributed by atoms with E-state index in [4.69, 9.17) is 35.8 Å². The average molecular weight is 473 g/mol. The van der Waals surface area contributed by atoms with Crippen molar-refractivity contribution in [1.82, 2.24) is 0 Å². The molecule has 6 atom stereocenters. The number of thioether (sulfide) groups is 1. The Morgan fingerprint density at radius 1 is 1.28 bits per heavy atom. The Morgan fingerprint density at radius 2 is 2.09 bits per heavy atom. The quantitative estimate of drug-likeness (QED) is 0.323. The van der Waals surface area contributed by atoms with E-state index in [0.29, 0.717) is 17.2 Å².